The second kappa shape index (κ2) is 5.75. The van der Waals surface area contributed by atoms with Crippen LogP contribution in [0.1, 0.15) is 18.4 Å². The first kappa shape index (κ1) is 14.3. The molecule has 0 amide bonds. The van der Waals surface area contributed by atoms with Crippen LogP contribution < -0.4 is 0 Å². The first-order chi connectivity index (χ1) is 8.41. The molecule has 0 radical (unpaired) electrons. The predicted molar refractivity (Wildman–Crippen MR) is 58.2 cm³/mol. The summed E-state index contributed by atoms with van der Waals surface area (Å²) in [5.41, 5.74) is -0.890. The summed E-state index contributed by atoms with van der Waals surface area (Å²) in [6.07, 6.45) is 2.54. The molecule has 6 heteroatoms. The van der Waals surface area contributed by atoms with Crippen LogP contribution in [0.25, 0.3) is 0 Å². The third kappa shape index (κ3) is 2.57. The minimum Gasteiger partial charge on any atom is -0.293 e. The Labute approximate surface area is 101 Å². The van der Waals surface area contributed by atoms with Crippen molar-refractivity contribution in [2.45, 2.75) is 12.8 Å². The topological polar surface area (TPSA) is 12.4 Å². The third-order valence-electron chi connectivity index (χ3n) is 2.26. The number of hydrogen-bond donors (Lipinski definition) is 0. The van der Waals surface area contributed by atoms with Crippen molar-refractivity contribution < 1.29 is 22.0 Å². The van der Waals surface area contributed by atoms with E-state index in [0.717, 1.165) is 6.21 Å². The highest BCUT2D eigenvalue weighted by Crippen LogP contribution is 2.27. The van der Waals surface area contributed by atoms with Gasteiger partial charge in [-0.05, 0) is 0 Å². The number of halogens is 5. The van der Waals surface area contributed by atoms with Crippen molar-refractivity contribution >= 4 is 6.21 Å². The highest BCUT2D eigenvalue weighted by Gasteiger charge is 2.27. The summed E-state index contributed by atoms with van der Waals surface area (Å²) in [6.45, 7) is 4.85. The van der Waals surface area contributed by atoms with Gasteiger partial charge in [-0.2, -0.15) is 0 Å². The quantitative estimate of drug-likeness (QED) is 0.258. The van der Waals surface area contributed by atoms with Crippen LogP contribution in [0.4, 0.5) is 22.0 Å². The summed E-state index contributed by atoms with van der Waals surface area (Å²) in [7, 11) is 0. The van der Waals surface area contributed by atoms with Gasteiger partial charge in [-0.15, -0.1) is 6.58 Å². The van der Waals surface area contributed by atoms with Crippen LogP contribution in [-0.2, 0) is 0 Å². The van der Waals surface area contributed by atoms with E-state index < -0.39 is 40.6 Å². The Kier molecular flexibility index (Phi) is 4.58. The third-order valence-corrected chi connectivity index (χ3v) is 2.26. The normalized spacial score (nSPS) is 13.0. The zero-order chi connectivity index (χ0) is 13.9. The minimum absolute atomic E-state index is 0.194. The van der Waals surface area contributed by atoms with Crippen LogP contribution in [0.2, 0.25) is 0 Å². The van der Waals surface area contributed by atoms with Crippen LogP contribution in [0.3, 0.4) is 0 Å². The van der Waals surface area contributed by atoms with Gasteiger partial charge in [-0.1, -0.05) is 13.0 Å². The van der Waals surface area contributed by atoms with Crippen LogP contribution in [0, 0.1) is 29.1 Å². The smallest absolute Gasteiger partial charge is 0.200 e. The minimum atomic E-state index is -2.16. The monoisotopic (exact) mass is 263 g/mol. The summed E-state index contributed by atoms with van der Waals surface area (Å²) < 4.78 is 65.4. The fourth-order valence-corrected chi connectivity index (χ4v) is 1.39. The van der Waals surface area contributed by atoms with E-state index in [1.165, 1.54) is 13.0 Å². The van der Waals surface area contributed by atoms with Gasteiger partial charge in [0.2, 0.25) is 5.82 Å². The van der Waals surface area contributed by atoms with Crippen molar-refractivity contribution in [1.29, 1.82) is 0 Å². The Morgan fingerprint density at radius 2 is 1.44 bits per heavy atom. The molecule has 0 saturated carbocycles. The predicted octanol–water partition coefficient (Wildman–Crippen LogP) is 3.74. The van der Waals surface area contributed by atoms with Gasteiger partial charge in [0.15, 0.2) is 23.3 Å². The first-order valence-corrected chi connectivity index (χ1v) is 5.04. The van der Waals surface area contributed by atoms with E-state index in [-0.39, 0.29) is 6.54 Å². The molecule has 1 rings (SSSR count). The summed E-state index contributed by atoms with van der Waals surface area (Å²) in [5, 5.41) is 0. The van der Waals surface area contributed by atoms with E-state index in [2.05, 4.69) is 11.6 Å². The average Bonchev–Trinajstić information content (AvgIpc) is 2.34. The number of hydrogen-bond acceptors (Lipinski definition) is 1. The summed E-state index contributed by atoms with van der Waals surface area (Å²) >= 11 is 0. The molecular weight excluding hydrogens is 253 g/mol. The van der Waals surface area contributed by atoms with Gasteiger partial charge < -0.3 is 0 Å². The maximum Gasteiger partial charge on any atom is 0.200 e. The van der Waals surface area contributed by atoms with E-state index in [9.17, 15) is 22.0 Å². The molecule has 0 fully saturated rings. The molecule has 18 heavy (non-hydrogen) atoms. The molecule has 0 bridgehead atoms. The van der Waals surface area contributed by atoms with E-state index in [4.69, 9.17) is 0 Å². The van der Waals surface area contributed by atoms with Crippen molar-refractivity contribution in [2.75, 3.05) is 6.54 Å². The van der Waals surface area contributed by atoms with Gasteiger partial charge in [0, 0.05) is 17.7 Å². The standard InChI is InChI=1S/C12H10F5N/c1-3-4-18-5-6(2)7-8(13)10(15)12(17)11(16)9(7)14/h3,5-6H,1,4H2,2H3. The van der Waals surface area contributed by atoms with Crippen LogP contribution in [0.15, 0.2) is 17.6 Å². The number of nitrogens with zero attached hydrogens (tertiary/aromatic N) is 1. The summed E-state index contributed by atoms with van der Waals surface area (Å²) in [6, 6.07) is 0. The molecule has 0 saturated heterocycles. The van der Waals surface area contributed by atoms with Gasteiger partial charge in [0.1, 0.15) is 0 Å². The number of aliphatic imine (C=N–C) groups is 1. The van der Waals surface area contributed by atoms with E-state index in [1.54, 1.807) is 0 Å². The zero-order valence-electron chi connectivity index (χ0n) is 9.48. The first-order valence-electron chi connectivity index (χ1n) is 5.04. The SMILES string of the molecule is C=CCN=CC(C)c1c(F)c(F)c(F)c(F)c1F. The Hall–Kier alpha value is -1.72. The second-order valence-corrected chi connectivity index (χ2v) is 3.58. The molecule has 98 valence electrons. The Bertz CT molecular complexity index is 467. The van der Waals surface area contributed by atoms with Crippen molar-refractivity contribution in [3.05, 3.63) is 47.3 Å². The molecule has 1 nitrogen and oxygen atoms in total. The Balaban J connectivity index is 3.28. The number of benzene rings is 1. The lowest BCUT2D eigenvalue weighted by Crippen LogP contribution is -2.10. The van der Waals surface area contributed by atoms with Crippen molar-refractivity contribution in [2.24, 2.45) is 4.99 Å². The van der Waals surface area contributed by atoms with E-state index >= 15 is 0 Å². The fourth-order valence-electron chi connectivity index (χ4n) is 1.39. The average molecular weight is 263 g/mol. The maximum absolute atomic E-state index is 13.4. The van der Waals surface area contributed by atoms with Gasteiger partial charge in [-0.25, -0.2) is 22.0 Å². The van der Waals surface area contributed by atoms with Gasteiger partial charge in [0.25, 0.3) is 0 Å². The maximum atomic E-state index is 13.4. The lowest BCUT2D eigenvalue weighted by Gasteiger charge is -2.11. The largest absolute Gasteiger partial charge is 0.293 e. The molecule has 1 aromatic rings. The lowest BCUT2D eigenvalue weighted by atomic mass is 10.00. The van der Waals surface area contributed by atoms with Gasteiger partial charge in [0.05, 0.1) is 6.54 Å². The van der Waals surface area contributed by atoms with Crippen molar-refractivity contribution in [3.8, 4) is 0 Å². The zero-order valence-corrected chi connectivity index (χ0v) is 9.48. The second-order valence-electron chi connectivity index (χ2n) is 3.58. The molecular formula is C12H10F5N. The molecule has 0 aliphatic rings. The van der Waals surface area contributed by atoms with Gasteiger partial charge in [-0.3, -0.25) is 4.99 Å². The molecule has 1 unspecified atom stereocenters. The summed E-state index contributed by atoms with van der Waals surface area (Å²) in [5.74, 6) is -10.8. The Morgan fingerprint density at radius 1 is 1.00 bits per heavy atom. The molecule has 0 aliphatic carbocycles. The highest BCUT2D eigenvalue weighted by atomic mass is 19.2. The molecule has 0 N–H and O–H groups in total. The number of rotatable bonds is 4. The summed E-state index contributed by atoms with van der Waals surface area (Å²) in [4.78, 5) is 3.72. The van der Waals surface area contributed by atoms with Gasteiger partial charge >= 0.3 is 0 Å². The van der Waals surface area contributed by atoms with E-state index in [0.29, 0.717) is 0 Å². The Morgan fingerprint density at radius 3 is 1.89 bits per heavy atom. The molecule has 1 aromatic carbocycles. The van der Waals surface area contributed by atoms with Crippen molar-refractivity contribution in [3.63, 3.8) is 0 Å². The molecule has 0 spiro atoms. The highest BCUT2D eigenvalue weighted by molar-refractivity contribution is 5.67. The van der Waals surface area contributed by atoms with Crippen molar-refractivity contribution in [1.82, 2.24) is 0 Å². The molecule has 0 aromatic heterocycles. The van der Waals surface area contributed by atoms with Crippen LogP contribution >= 0.6 is 0 Å². The molecule has 0 aliphatic heterocycles. The molecule has 1 atom stereocenters. The van der Waals surface area contributed by atoms with E-state index in [1.807, 2.05) is 0 Å². The lowest BCUT2D eigenvalue weighted by molar-refractivity contribution is 0.369. The molecule has 0 heterocycles. The van der Waals surface area contributed by atoms with Crippen LogP contribution in [-0.4, -0.2) is 12.8 Å². The fraction of sp³-hybridized carbons (Fsp3) is 0.250. The van der Waals surface area contributed by atoms with Crippen LogP contribution in [0.5, 0.6) is 0 Å².